The second kappa shape index (κ2) is 6.92. The Morgan fingerprint density at radius 2 is 2.21 bits per heavy atom. The van der Waals surface area contributed by atoms with Crippen LogP contribution in [-0.2, 0) is 4.74 Å². The van der Waals surface area contributed by atoms with Crippen molar-refractivity contribution in [2.45, 2.75) is 38.8 Å². The van der Waals surface area contributed by atoms with Crippen LogP contribution in [0.5, 0.6) is 5.75 Å². The molecule has 3 heteroatoms. The summed E-state index contributed by atoms with van der Waals surface area (Å²) in [6.07, 6.45) is 2.52. The van der Waals surface area contributed by atoms with Gasteiger partial charge in [0.15, 0.2) is 0 Å². The average Bonchev–Trinajstić information content (AvgIpc) is 2.47. The summed E-state index contributed by atoms with van der Waals surface area (Å²) in [5.74, 6) is 0.903. The number of rotatable bonds is 5. The lowest BCUT2D eigenvalue weighted by molar-refractivity contribution is -0.0660. The smallest absolute Gasteiger partial charge is 0.119 e. The van der Waals surface area contributed by atoms with Crippen molar-refractivity contribution < 1.29 is 9.47 Å². The third-order valence-corrected chi connectivity index (χ3v) is 3.85. The molecule has 0 N–H and O–H groups in total. The minimum absolute atomic E-state index is 0.171. The van der Waals surface area contributed by atoms with Crippen molar-refractivity contribution in [1.82, 2.24) is 4.90 Å². The third kappa shape index (κ3) is 3.48. The maximum atomic E-state index is 6.05. The van der Waals surface area contributed by atoms with E-state index >= 15 is 0 Å². The number of morpholine rings is 1. The van der Waals surface area contributed by atoms with Crippen LogP contribution in [0, 0.1) is 0 Å². The molecule has 1 fully saturated rings. The molecule has 0 aromatic heterocycles. The highest BCUT2D eigenvalue weighted by molar-refractivity contribution is 5.30. The number of hydrogen-bond acceptors (Lipinski definition) is 3. The lowest BCUT2D eigenvalue weighted by Crippen LogP contribution is -2.46. The molecule has 1 unspecified atom stereocenters. The Balaban J connectivity index is 2.08. The Hall–Kier alpha value is -1.06. The maximum Gasteiger partial charge on any atom is 0.119 e. The highest BCUT2D eigenvalue weighted by Crippen LogP contribution is 2.28. The molecule has 1 aliphatic rings. The second-order valence-corrected chi connectivity index (χ2v) is 5.16. The summed E-state index contributed by atoms with van der Waals surface area (Å²) < 4.78 is 11.3. The van der Waals surface area contributed by atoms with Crippen molar-refractivity contribution in [3.63, 3.8) is 0 Å². The molecule has 1 heterocycles. The maximum absolute atomic E-state index is 6.05. The molecule has 19 heavy (non-hydrogen) atoms. The van der Waals surface area contributed by atoms with Crippen LogP contribution >= 0.6 is 0 Å². The van der Waals surface area contributed by atoms with Gasteiger partial charge in [0, 0.05) is 12.6 Å². The van der Waals surface area contributed by atoms with Gasteiger partial charge in [-0.2, -0.15) is 0 Å². The molecule has 1 saturated heterocycles. The van der Waals surface area contributed by atoms with Crippen molar-refractivity contribution in [2.75, 3.05) is 26.8 Å². The molecule has 0 saturated carbocycles. The van der Waals surface area contributed by atoms with Gasteiger partial charge < -0.3 is 9.47 Å². The van der Waals surface area contributed by atoms with Crippen molar-refractivity contribution in [3.8, 4) is 5.75 Å². The van der Waals surface area contributed by atoms with Gasteiger partial charge in [0.05, 0.1) is 19.8 Å². The van der Waals surface area contributed by atoms with Crippen LogP contribution in [0.3, 0.4) is 0 Å². The predicted molar refractivity (Wildman–Crippen MR) is 77.6 cm³/mol. The van der Waals surface area contributed by atoms with Crippen molar-refractivity contribution in [3.05, 3.63) is 29.8 Å². The molecule has 106 valence electrons. The lowest BCUT2D eigenvalue weighted by atomic mass is 10.0. The van der Waals surface area contributed by atoms with E-state index in [2.05, 4.69) is 30.9 Å². The predicted octanol–water partition coefficient (Wildman–Crippen LogP) is 3.26. The van der Waals surface area contributed by atoms with E-state index in [4.69, 9.17) is 9.47 Å². The molecule has 1 aromatic rings. The van der Waals surface area contributed by atoms with Crippen LogP contribution in [0.15, 0.2) is 24.3 Å². The molecule has 1 aliphatic heterocycles. The first-order valence-corrected chi connectivity index (χ1v) is 7.28. The topological polar surface area (TPSA) is 21.7 Å². The van der Waals surface area contributed by atoms with Gasteiger partial charge in [-0.1, -0.05) is 26.0 Å². The van der Waals surface area contributed by atoms with E-state index in [0.717, 1.165) is 31.9 Å². The molecule has 0 radical (unpaired) electrons. The van der Waals surface area contributed by atoms with Crippen LogP contribution in [-0.4, -0.2) is 37.7 Å². The fraction of sp³-hybridized carbons (Fsp3) is 0.625. The quantitative estimate of drug-likeness (QED) is 0.814. The number of ether oxygens (including phenoxy) is 2. The molecule has 1 aromatic carbocycles. The van der Waals surface area contributed by atoms with Crippen molar-refractivity contribution >= 4 is 0 Å². The molecule has 0 bridgehead atoms. The van der Waals surface area contributed by atoms with Crippen molar-refractivity contribution in [2.24, 2.45) is 0 Å². The van der Waals surface area contributed by atoms with Gasteiger partial charge in [-0.25, -0.2) is 0 Å². The summed E-state index contributed by atoms with van der Waals surface area (Å²) in [4.78, 5) is 2.56. The first-order valence-electron chi connectivity index (χ1n) is 7.28. The summed E-state index contributed by atoms with van der Waals surface area (Å²) in [7, 11) is 1.71. The Bertz CT molecular complexity index is 394. The Labute approximate surface area is 116 Å². The van der Waals surface area contributed by atoms with Gasteiger partial charge in [0.2, 0.25) is 0 Å². The molecule has 3 nitrogen and oxygen atoms in total. The Morgan fingerprint density at radius 1 is 1.37 bits per heavy atom. The van der Waals surface area contributed by atoms with Crippen LogP contribution in [0.2, 0.25) is 0 Å². The average molecular weight is 263 g/mol. The standard InChI is InChI=1S/C16H25NO2/c1-4-9-17-11-16(19-12-14(17)5-2)13-7-6-8-15(10-13)18-3/h6-8,10,14,16H,4-5,9,11-12H2,1-3H3/t14-,16?/m0/s1. The highest BCUT2D eigenvalue weighted by Gasteiger charge is 2.28. The van der Waals surface area contributed by atoms with E-state index in [-0.39, 0.29) is 6.10 Å². The lowest BCUT2D eigenvalue weighted by Gasteiger charge is -2.39. The number of benzene rings is 1. The number of hydrogen-bond donors (Lipinski definition) is 0. The first-order chi connectivity index (χ1) is 9.28. The van der Waals surface area contributed by atoms with Crippen molar-refractivity contribution in [1.29, 1.82) is 0 Å². The van der Waals surface area contributed by atoms with Gasteiger partial charge in [0.1, 0.15) is 5.75 Å². The van der Waals surface area contributed by atoms with Crippen LogP contribution in [0.1, 0.15) is 38.4 Å². The van der Waals surface area contributed by atoms with E-state index in [1.54, 1.807) is 7.11 Å². The zero-order valence-electron chi connectivity index (χ0n) is 12.3. The minimum Gasteiger partial charge on any atom is -0.497 e. The molecule has 0 amide bonds. The molecule has 0 spiro atoms. The highest BCUT2D eigenvalue weighted by atomic mass is 16.5. The van der Waals surface area contributed by atoms with E-state index in [0.29, 0.717) is 6.04 Å². The molecule has 2 rings (SSSR count). The van der Waals surface area contributed by atoms with Gasteiger partial charge >= 0.3 is 0 Å². The molecule has 0 aliphatic carbocycles. The largest absolute Gasteiger partial charge is 0.497 e. The summed E-state index contributed by atoms with van der Waals surface area (Å²) >= 11 is 0. The van der Waals surface area contributed by atoms with Crippen LogP contribution in [0.4, 0.5) is 0 Å². The zero-order valence-corrected chi connectivity index (χ0v) is 12.3. The molecule has 2 atom stereocenters. The van der Waals surface area contributed by atoms with Gasteiger partial charge in [-0.3, -0.25) is 4.90 Å². The van der Waals surface area contributed by atoms with E-state index in [1.807, 2.05) is 12.1 Å². The second-order valence-electron chi connectivity index (χ2n) is 5.16. The zero-order chi connectivity index (χ0) is 13.7. The Kier molecular flexibility index (Phi) is 5.23. The number of nitrogens with zero attached hydrogens (tertiary/aromatic N) is 1. The summed E-state index contributed by atoms with van der Waals surface area (Å²) in [5, 5.41) is 0. The summed E-state index contributed by atoms with van der Waals surface area (Å²) in [6.45, 7) is 7.45. The van der Waals surface area contributed by atoms with E-state index in [1.165, 1.54) is 12.0 Å². The SMILES string of the molecule is CCCN1CC(c2cccc(OC)c2)OC[C@@H]1CC. The van der Waals surface area contributed by atoms with Gasteiger partial charge in [-0.15, -0.1) is 0 Å². The first kappa shape index (κ1) is 14.4. The van der Waals surface area contributed by atoms with Crippen LogP contribution in [0.25, 0.3) is 0 Å². The fourth-order valence-electron chi connectivity index (χ4n) is 2.73. The third-order valence-electron chi connectivity index (χ3n) is 3.85. The van der Waals surface area contributed by atoms with Gasteiger partial charge in [0.25, 0.3) is 0 Å². The normalized spacial score (nSPS) is 24.4. The fourth-order valence-corrected chi connectivity index (χ4v) is 2.73. The van der Waals surface area contributed by atoms with Crippen LogP contribution < -0.4 is 4.74 Å². The minimum atomic E-state index is 0.171. The van der Waals surface area contributed by atoms with Gasteiger partial charge in [-0.05, 0) is 37.1 Å². The monoisotopic (exact) mass is 263 g/mol. The summed E-state index contributed by atoms with van der Waals surface area (Å²) in [5.41, 5.74) is 1.22. The molecular weight excluding hydrogens is 238 g/mol. The molecular formula is C16H25NO2. The van der Waals surface area contributed by atoms with E-state index < -0.39 is 0 Å². The Morgan fingerprint density at radius 3 is 2.89 bits per heavy atom. The summed E-state index contributed by atoms with van der Waals surface area (Å²) in [6, 6.07) is 8.80. The number of methoxy groups -OCH3 is 1. The van der Waals surface area contributed by atoms with E-state index in [9.17, 15) is 0 Å².